The van der Waals surface area contributed by atoms with Crippen molar-refractivity contribution in [3.63, 3.8) is 0 Å². The number of pyridine rings is 1. The van der Waals surface area contributed by atoms with Crippen molar-refractivity contribution in [2.45, 2.75) is 12.3 Å². The van der Waals surface area contributed by atoms with Crippen molar-refractivity contribution in [1.82, 2.24) is 10.3 Å². The van der Waals surface area contributed by atoms with E-state index in [2.05, 4.69) is 15.6 Å². The SMILES string of the molecule is O=C1CN(c2ccc(NC(=O)[C@@H]3C[C@H]3c3ccncc3)cc2Cl)CCN1. The minimum absolute atomic E-state index is 0.00739. The highest BCUT2D eigenvalue weighted by molar-refractivity contribution is 6.33. The van der Waals surface area contributed by atoms with Gasteiger partial charge in [0.2, 0.25) is 11.8 Å². The highest BCUT2D eigenvalue weighted by Crippen LogP contribution is 2.47. The summed E-state index contributed by atoms with van der Waals surface area (Å²) >= 11 is 6.38. The van der Waals surface area contributed by atoms with Crippen LogP contribution in [0.3, 0.4) is 0 Å². The summed E-state index contributed by atoms with van der Waals surface area (Å²) in [7, 11) is 0. The van der Waals surface area contributed by atoms with Crippen molar-refractivity contribution in [2.75, 3.05) is 29.9 Å². The van der Waals surface area contributed by atoms with Gasteiger partial charge < -0.3 is 15.5 Å². The van der Waals surface area contributed by atoms with Gasteiger partial charge in [-0.15, -0.1) is 0 Å². The summed E-state index contributed by atoms with van der Waals surface area (Å²) in [6.45, 7) is 1.61. The number of nitrogens with zero attached hydrogens (tertiary/aromatic N) is 2. The van der Waals surface area contributed by atoms with Crippen LogP contribution in [-0.4, -0.2) is 36.4 Å². The van der Waals surface area contributed by atoms with Gasteiger partial charge in [0, 0.05) is 37.1 Å². The molecule has 7 heteroatoms. The van der Waals surface area contributed by atoms with Gasteiger partial charge in [-0.3, -0.25) is 14.6 Å². The number of rotatable bonds is 4. The molecule has 1 aliphatic carbocycles. The lowest BCUT2D eigenvalue weighted by atomic mass is 10.1. The summed E-state index contributed by atoms with van der Waals surface area (Å²) in [5, 5.41) is 6.26. The molecule has 1 aromatic heterocycles. The maximum atomic E-state index is 12.5. The smallest absolute Gasteiger partial charge is 0.239 e. The molecule has 1 aromatic carbocycles. The first-order valence-corrected chi connectivity index (χ1v) is 9.01. The van der Waals surface area contributed by atoms with Crippen LogP contribution in [0.2, 0.25) is 5.02 Å². The topological polar surface area (TPSA) is 74.3 Å². The third kappa shape index (κ3) is 3.51. The van der Waals surface area contributed by atoms with Crippen molar-refractivity contribution in [1.29, 1.82) is 0 Å². The second kappa shape index (κ2) is 6.96. The van der Waals surface area contributed by atoms with E-state index < -0.39 is 0 Å². The molecular formula is C19H19ClN4O2. The molecule has 2 aliphatic rings. The van der Waals surface area contributed by atoms with Crippen molar-refractivity contribution in [3.05, 3.63) is 53.3 Å². The summed E-state index contributed by atoms with van der Waals surface area (Å²) in [4.78, 5) is 30.0. The quantitative estimate of drug-likeness (QED) is 0.866. The van der Waals surface area contributed by atoms with E-state index in [1.165, 1.54) is 0 Å². The monoisotopic (exact) mass is 370 g/mol. The Balaban J connectivity index is 1.40. The molecule has 1 saturated carbocycles. The molecular weight excluding hydrogens is 352 g/mol. The van der Waals surface area contributed by atoms with Gasteiger partial charge >= 0.3 is 0 Å². The molecule has 2 N–H and O–H groups in total. The van der Waals surface area contributed by atoms with Crippen LogP contribution in [0.1, 0.15) is 17.9 Å². The number of carbonyl (C=O) groups excluding carboxylic acids is 2. The minimum Gasteiger partial charge on any atom is -0.359 e. The number of anilines is 2. The predicted octanol–water partition coefficient (Wildman–Crippen LogP) is 2.41. The number of benzene rings is 1. The number of nitrogens with one attached hydrogen (secondary N) is 2. The first-order valence-electron chi connectivity index (χ1n) is 8.64. The van der Waals surface area contributed by atoms with E-state index in [0.717, 1.165) is 17.7 Å². The van der Waals surface area contributed by atoms with E-state index in [1.54, 1.807) is 18.5 Å². The van der Waals surface area contributed by atoms with E-state index in [0.29, 0.717) is 30.3 Å². The van der Waals surface area contributed by atoms with Gasteiger partial charge in [0.15, 0.2) is 0 Å². The zero-order chi connectivity index (χ0) is 18.1. The first kappa shape index (κ1) is 16.8. The van der Waals surface area contributed by atoms with Crippen LogP contribution in [-0.2, 0) is 9.59 Å². The number of carbonyl (C=O) groups is 2. The van der Waals surface area contributed by atoms with Crippen molar-refractivity contribution in [3.8, 4) is 0 Å². The molecule has 0 bridgehead atoms. The fraction of sp³-hybridized carbons (Fsp3) is 0.316. The van der Waals surface area contributed by atoms with Crippen LogP contribution in [0.5, 0.6) is 0 Å². The molecule has 0 unspecified atom stereocenters. The third-order valence-electron chi connectivity index (χ3n) is 4.86. The minimum atomic E-state index is -0.0133. The number of aromatic nitrogens is 1. The molecule has 6 nitrogen and oxygen atoms in total. The lowest BCUT2D eigenvalue weighted by molar-refractivity contribution is -0.120. The van der Waals surface area contributed by atoms with Crippen LogP contribution in [0.4, 0.5) is 11.4 Å². The summed E-state index contributed by atoms with van der Waals surface area (Å²) in [6, 6.07) is 9.33. The molecule has 0 radical (unpaired) electrons. The molecule has 1 saturated heterocycles. The number of hydrogen-bond acceptors (Lipinski definition) is 4. The average molecular weight is 371 g/mol. The number of hydrogen-bond donors (Lipinski definition) is 2. The van der Waals surface area contributed by atoms with Gasteiger partial charge in [0.05, 0.1) is 17.3 Å². The van der Waals surface area contributed by atoms with Crippen LogP contribution in [0.25, 0.3) is 0 Å². The Morgan fingerprint density at radius 3 is 2.81 bits per heavy atom. The van der Waals surface area contributed by atoms with Crippen molar-refractivity contribution in [2.24, 2.45) is 5.92 Å². The van der Waals surface area contributed by atoms with Gasteiger partial charge in [-0.2, -0.15) is 0 Å². The van der Waals surface area contributed by atoms with Gasteiger partial charge in [0.25, 0.3) is 0 Å². The van der Waals surface area contributed by atoms with Gasteiger partial charge in [-0.1, -0.05) is 11.6 Å². The van der Waals surface area contributed by atoms with E-state index in [9.17, 15) is 9.59 Å². The Bertz CT molecular complexity index is 843. The maximum Gasteiger partial charge on any atom is 0.239 e. The molecule has 0 spiro atoms. The number of amides is 2. The van der Waals surface area contributed by atoms with Gasteiger partial charge in [0.1, 0.15) is 0 Å². The second-order valence-electron chi connectivity index (χ2n) is 6.66. The normalized spacial score (nSPS) is 21.9. The number of piperazine rings is 1. The molecule has 2 aromatic rings. The van der Waals surface area contributed by atoms with Crippen LogP contribution in [0.15, 0.2) is 42.7 Å². The fourth-order valence-corrected chi connectivity index (χ4v) is 3.68. The molecule has 134 valence electrons. The van der Waals surface area contributed by atoms with Crippen LogP contribution >= 0.6 is 11.6 Å². The largest absolute Gasteiger partial charge is 0.359 e. The second-order valence-corrected chi connectivity index (χ2v) is 7.06. The van der Waals surface area contributed by atoms with Crippen molar-refractivity contribution >= 4 is 34.8 Å². The number of halogens is 1. The zero-order valence-electron chi connectivity index (χ0n) is 14.1. The van der Waals surface area contributed by atoms with Gasteiger partial charge in [-0.05, 0) is 48.2 Å². The molecule has 2 fully saturated rings. The Kier molecular flexibility index (Phi) is 4.51. The van der Waals surface area contributed by atoms with Gasteiger partial charge in [-0.25, -0.2) is 0 Å². The van der Waals surface area contributed by atoms with E-state index in [4.69, 9.17) is 11.6 Å². The Morgan fingerprint density at radius 1 is 1.27 bits per heavy atom. The maximum absolute atomic E-state index is 12.5. The molecule has 2 heterocycles. The highest BCUT2D eigenvalue weighted by atomic mass is 35.5. The zero-order valence-corrected chi connectivity index (χ0v) is 14.9. The lowest BCUT2D eigenvalue weighted by Crippen LogP contribution is -2.47. The molecule has 2 atom stereocenters. The summed E-state index contributed by atoms with van der Waals surface area (Å²) in [5.41, 5.74) is 2.63. The van der Waals surface area contributed by atoms with E-state index >= 15 is 0 Å². The molecule has 26 heavy (non-hydrogen) atoms. The summed E-state index contributed by atoms with van der Waals surface area (Å²) < 4.78 is 0. The summed E-state index contributed by atoms with van der Waals surface area (Å²) in [5.74, 6) is 0.245. The Morgan fingerprint density at radius 2 is 2.08 bits per heavy atom. The first-order chi connectivity index (χ1) is 12.6. The standard InChI is InChI=1S/C19H19ClN4O2/c20-16-9-13(1-2-17(16)24-8-7-22-18(25)11-24)23-19(26)15-10-14(15)12-3-5-21-6-4-12/h1-6,9,14-15H,7-8,10-11H2,(H,22,25)(H,23,26)/t14-,15+/m0/s1. The Labute approximate surface area is 156 Å². The lowest BCUT2D eigenvalue weighted by Gasteiger charge is -2.29. The van der Waals surface area contributed by atoms with E-state index in [-0.39, 0.29) is 23.7 Å². The average Bonchev–Trinajstić information content (AvgIpc) is 3.43. The molecule has 1 aliphatic heterocycles. The van der Waals surface area contributed by atoms with Crippen LogP contribution in [0, 0.1) is 5.92 Å². The molecule has 4 rings (SSSR count). The van der Waals surface area contributed by atoms with E-state index in [1.807, 2.05) is 29.2 Å². The Hall–Kier alpha value is -2.60. The van der Waals surface area contributed by atoms with Crippen LogP contribution < -0.4 is 15.5 Å². The summed E-state index contributed by atoms with van der Waals surface area (Å²) in [6.07, 6.45) is 4.36. The van der Waals surface area contributed by atoms with Crippen molar-refractivity contribution < 1.29 is 9.59 Å². The fourth-order valence-electron chi connectivity index (χ4n) is 3.38. The third-order valence-corrected chi connectivity index (χ3v) is 5.16. The highest BCUT2D eigenvalue weighted by Gasteiger charge is 2.43. The molecule has 2 amide bonds. The predicted molar refractivity (Wildman–Crippen MR) is 100 cm³/mol.